The van der Waals surface area contributed by atoms with Gasteiger partial charge in [-0.1, -0.05) is 36.4 Å². The molecule has 3 heterocycles. The third-order valence-electron chi connectivity index (χ3n) is 4.81. The average Bonchev–Trinajstić information content (AvgIpc) is 3.13. The van der Waals surface area contributed by atoms with Crippen LogP contribution < -0.4 is 10.1 Å². The molecule has 1 aromatic carbocycles. The van der Waals surface area contributed by atoms with Gasteiger partial charge in [-0.05, 0) is 30.7 Å². The van der Waals surface area contributed by atoms with Gasteiger partial charge >= 0.3 is 0 Å². The van der Waals surface area contributed by atoms with E-state index in [0.717, 1.165) is 11.1 Å². The summed E-state index contributed by atoms with van der Waals surface area (Å²) in [4.78, 5) is 21.7. The highest BCUT2D eigenvalue weighted by Crippen LogP contribution is 2.23. The summed E-state index contributed by atoms with van der Waals surface area (Å²) >= 11 is 0. The van der Waals surface area contributed by atoms with E-state index in [0.29, 0.717) is 29.4 Å². The predicted octanol–water partition coefficient (Wildman–Crippen LogP) is 3.08. The summed E-state index contributed by atoms with van der Waals surface area (Å²) in [5, 5.41) is 12.7. The molecule has 0 fully saturated rings. The number of amides is 1. The number of nitrogens with one attached hydrogen (secondary N) is 1. The van der Waals surface area contributed by atoms with E-state index in [2.05, 4.69) is 15.3 Å². The van der Waals surface area contributed by atoms with Crippen molar-refractivity contribution in [1.29, 1.82) is 0 Å². The Hall–Kier alpha value is -3.71. The molecular weight excluding hydrogens is 380 g/mol. The predicted molar refractivity (Wildman–Crippen MR) is 112 cm³/mol. The van der Waals surface area contributed by atoms with Gasteiger partial charge in [0.2, 0.25) is 0 Å². The highest BCUT2D eigenvalue weighted by atomic mass is 16.5. The third-order valence-corrected chi connectivity index (χ3v) is 4.81. The van der Waals surface area contributed by atoms with Gasteiger partial charge in [0.1, 0.15) is 12.3 Å². The number of aryl methyl sites for hydroxylation is 1. The van der Waals surface area contributed by atoms with E-state index in [1.165, 1.54) is 0 Å². The molecule has 0 aliphatic carbocycles. The highest BCUT2D eigenvalue weighted by molar-refractivity contribution is 5.95. The summed E-state index contributed by atoms with van der Waals surface area (Å²) in [5.74, 6) is 0.262. The topological polar surface area (TPSA) is 88.8 Å². The fourth-order valence-electron chi connectivity index (χ4n) is 3.33. The number of hydrogen-bond donors (Lipinski definition) is 2. The lowest BCUT2D eigenvalue weighted by molar-refractivity contribution is 0.0909. The van der Waals surface area contributed by atoms with Crippen LogP contribution in [0.1, 0.15) is 33.4 Å². The Labute approximate surface area is 174 Å². The Morgan fingerprint density at radius 1 is 1.17 bits per heavy atom. The number of carbonyl (C=O) groups is 1. The number of rotatable bonds is 7. The van der Waals surface area contributed by atoms with Crippen molar-refractivity contribution in [3.63, 3.8) is 0 Å². The smallest absolute Gasteiger partial charge is 0.270 e. The molecule has 30 heavy (non-hydrogen) atoms. The SMILES string of the molecule is Cc1nc2c(OCc3cccnc3)cccn2c1C(=O)N[C@@H](CO)c1ccccc1. The van der Waals surface area contributed by atoms with Gasteiger partial charge in [0, 0.05) is 24.2 Å². The minimum Gasteiger partial charge on any atom is -0.485 e. The van der Waals surface area contributed by atoms with Gasteiger partial charge in [0.05, 0.1) is 18.3 Å². The van der Waals surface area contributed by atoms with Gasteiger partial charge < -0.3 is 15.2 Å². The van der Waals surface area contributed by atoms with Crippen LogP contribution in [0.25, 0.3) is 5.65 Å². The Bertz CT molecular complexity index is 1140. The first-order valence-corrected chi connectivity index (χ1v) is 9.63. The Kier molecular flexibility index (Phi) is 5.72. The van der Waals surface area contributed by atoms with Gasteiger partial charge in [-0.25, -0.2) is 4.98 Å². The molecule has 0 saturated heterocycles. The summed E-state index contributed by atoms with van der Waals surface area (Å²) in [7, 11) is 0. The zero-order chi connectivity index (χ0) is 20.9. The molecule has 152 valence electrons. The first-order chi connectivity index (χ1) is 14.7. The van der Waals surface area contributed by atoms with Crippen LogP contribution in [0.3, 0.4) is 0 Å². The largest absolute Gasteiger partial charge is 0.485 e. The number of pyridine rings is 2. The highest BCUT2D eigenvalue weighted by Gasteiger charge is 2.22. The lowest BCUT2D eigenvalue weighted by atomic mass is 10.1. The number of benzene rings is 1. The minimum atomic E-state index is -0.506. The molecule has 0 bridgehead atoms. The molecule has 3 aromatic heterocycles. The molecule has 2 N–H and O–H groups in total. The fourth-order valence-corrected chi connectivity index (χ4v) is 3.33. The summed E-state index contributed by atoms with van der Waals surface area (Å²) in [6.07, 6.45) is 5.23. The van der Waals surface area contributed by atoms with Crippen LogP contribution in [0, 0.1) is 6.92 Å². The molecule has 0 spiro atoms. The number of nitrogens with zero attached hydrogens (tertiary/aromatic N) is 3. The standard InChI is InChI=1S/C23H22N4O3/c1-16-21(23(29)26-19(14-28)18-8-3-2-4-9-18)27-12-6-10-20(22(27)25-16)30-15-17-7-5-11-24-13-17/h2-13,19,28H,14-15H2,1H3,(H,26,29)/t19-/m0/s1. The first kappa shape index (κ1) is 19.6. The van der Waals surface area contributed by atoms with Crippen LogP contribution >= 0.6 is 0 Å². The molecular formula is C23H22N4O3. The first-order valence-electron chi connectivity index (χ1n) is 9.63. The summed E-state index contributed by atoms with van der Waals surface area (Å²) in [5.41, 5.74) is 3.32. The molecule has 7 heteroatoms. The lowest BCUT2D eigenvalue weighted by Crippen LogP contribution is -2.32. The van der Waals surface area contributed by atoms with Gasteiger partial charge in [0.15, 0.2) is 11.4 Å². The number of aliphatic hydroxyl groups excluding tert-OH is 1. The van der Waals surface area contributed by atoms with E-state index >= 15 is 0 Å². The molecule has 4 aromatic rings. The minimum absolute atomic E-state index is 0.203. The van der Waals surface area contributed by atoms with Crippen molar-refractivity contribution in [1.82, 2.24) is 19.7 Å². The molecule has 1 amide bonds. The maximum Gasteiger partial charge on any atom is 0.270 e. The van der Waals surface area contributed by atoms with Crippen molar-refractivity contribution in [2.75, 3.05) is 6.61 Å². The van der Waals surface area contributed by atoms with Crippen molar-refractivity contribution < 1.29 is 14.6 Å². The van der Waals surface area contributed by atoms with Gasteiger partial charge in [0.25, 0.3) is 5.91 Å². The maximum atomic E-state index is 13.0. The van der Waals surface area contributed by atoms with E-state index in [9.17, 15) is 9.90 Å². The van der Waals surface area contributed by atoms with Crippen molar-refractivity contribution >= 4 is 11.6 Å². The van der Waals surface area contributed by atoms with E-state index in [1.54, 1.807) is 29.9 Å². The number of hydrogen-bond acceptors (Lipinski definition) is 5. The van der Waals surface area contributed by atoms with Crippen molar-refractivity contribution in [3.8, 4) is 5.75 Å². The molecule has 7 nitrogen and oxygen atoms in total. The Morgan fingerprint density at radius 2 is 2.00 bits per heavy atom. The second kappa shape index (κ2) is 8.75. The number of fused-ring (bicyclic) bond motifs is 1. The quantitative estimate of drug-likeness (QED) is 0.496. The van der Waals surface area contributed by atoms with Crippen LogP contribution in [-0.2, 0) is 6.61 Å². The van der Waals surface area contributed by atoms with Gasteiger partial charge in [-0.2, -0.15) is 0 Å². The summed E-state index contributed by atoms with van der Waals surface area (Å²) in [6, 6.07) is 16.3. The molecule has 0 radical (unpaired) electrons. The molecule has 1 atom stereocenters. The summed E-state index contributed by atoms with van der Waals surface area (Å²) in [6.45, 7) is 1.93. The van der Waals surface area contributed by atoms with E-state index in [1.807, 2.05) is 54.6 Å². The van der Waals surface area contributed by atoms with E-state index < -0.39 is 6.04 Å². The molecule has 0 saturated carbocycles. The molecule has 0 unspecified atom stereocenters. The maximum absolute atomic E-state index is 13.0. The van der Waals surface area contributed by atoms with E-state index in [4.69, 9.17) is 4.74 Å². The van der Waals surface area contributed by atoms with Crippen molar-refractivity contribution in [2.45, 2.75) is 19.6 Å². The lowest BCUT2D eigenvalue weighted by Gasteiger charge is -2.17. The Morgan fingerprint density at radius 3 is 2.73 bits per heavy atom. The second-order valence-electron chi connectivity index (χ2n) is 6.88. The zero-order valence-electron chi connectivity index (χ0n) is 16.5. The summed E-state index contributed by atoms with van der Waals surface area (Å²) < 4.78 is 7.64. The van der Waals surface area contributed by atoms with Gasteiger partial charge in [-0.3, -0.25) is 14.2 Å². The number of ether oxygens (including phenoxy) is 1. The molecule has 0 aliphatic rings. The van der Waals surface area contributed by atoms with Crippen LogP contribution in [0.5, 0.6) is 5.75 Å². The van der Waals surface area contributed by atoms with E-state index in [-0.39, 0.29) is 12.5 Å². The Balaban J connectivity index is 1.60. The zero-order valence-corrected chi connectivity index (χ0v) is 16.5. The number of imidazole rings is 1. The van der Waals surface area contributed by atoms with Crippen LogP contribution in [0.4, 0.5) is 0 Å². The number of aromatic nitrogens is 3. The second-order valence-corrected chi connectivity index (χ2v) is 6.88. The number of aliphatic hydroxyl groups is 1. The third kappa shape index (κ3) is 4.01. The monoisotopic (exact) mass is 402 g/mol. The van der Waals surface area contributed by atoms with Crippen LogP contribution in [-0.4, -0.2) is 32.0 Å². The average molecular weight is 402 g/mol. The fraction of sp³-hybridized carbons (Fsp3) is 0.174. The molecule has 4 rings (SSSR count). The van der Waals surface area contributed by atoms with Gasteiger partial charge in [-0.15, -0.1) is 0 Å². The van der Waals surface area contributed by atoms with Crippen LogP contribution in [0.15, 0.2) is 73.2 Å². The normalized spacial score (nSPS) is 11.9. The number of carbonyl (C=O) groups excluding carboxylic acids is 1. The van der Waals surface area contributed by atoms with Crippen molar-refractivity contribution in [3.05, 3.63) is 95.7 Å². The van der Waals surface area contributed by atoms with Crippen molar-refractivity contribution in [2.24, 2.45) is 0 Å². The van der Waals surface area contributed by atoms with Crippen LogP contribution in [0.2, 0.25) is 0 Å². The molecule has 0 aliphatic heterocycles.